The molecule has 3 atom stereocenters. The van der Waals surface area contributed by atoms with Gasteiger partial charge in [-0.3, -0.25) is 15.0 Å². The summed E-state index contributed by atoms with van der Waals surface area (Å²) in [7, 11) is 0. The third-order valence-electron chi connectivity index (χ3n) is 4.33. The molecule has 0 aromatic heterocycles. The number of nitrogens with zero attached hydrogens (tertiary/aromatic N) is 1. The number of hydrogen-bond acceptors (Lipinski definition) is 4. The third kappa shape index (κ3) is 3.67. The number of urea groups is 1. The second kappa shape index (κ2) is 6.34. The van der Waals surface area contributed by atoms with Gasteiger partial charge in [0.15, 0.2) is 0 Å². The van der Waals surface area contributed by atoms with Gasteiger partial charge in [0.2, 0.25) is 5.91 Å². The summed E-state index contributed by atoms with van der Waals surface area (Å²) in [5, 5.41) is 5.71. The van der Waals surface area contributed by atoms with Crippen LogP contribution in [0.15, 0.2) is 0 Å². The molecular formula is C13H24N4O2. The highest BCUT2D eigenvalue weighted by Crippen LogP contribution is 2.25. The number of rotatable bonds is 3. The van der Waals surface area contributed by atoms with E-state index in [-0.39, 0.29) is 11.9 Å². The second-order valence-corrected chi connectivity index (χ2v) is 5.63. The van der Waals surface area contributed by atoms with Gasteiger partial charge in [-0.2, -0.15) is 0 Å². The molecule has 0 aromatic rings. The normalized spacial score (nSPS) is 29.9. The standard InChI is InChI=1S/C13H24N4O2/c1-9(12(18)16-13(14)19)17-7-3-4-10(8-17)11-5-2-6-15-11/h9-11,15H,2-8H2,1H3,(H3,14,16,18,19). The van der Waals surface area contributed by atoms with Crippen LogP contribution in [0, 0.1) is 5.92 Å². The van der Waals surface area contributed by atoms with Crippen molar-refractivity contribution in [2.45, 2.75) is 44.7 Å². The Morgan fingerprint density at radius 2 is 2.16 bits per heavy atom. The first-order valence-corrected chi connectivity index (χ1v) is 7.15. The fourth-order valence-electron chi connectivity index (χ4n) is 3.23. The van der Waals surface area contributed by atoms with E-state index in [9.17, 15) is 9.59 Å². The second-order valence-electron chi connectivity index (χ2n) is 5.63. The molecule has 4 N–H and O–H groups in total. The van der Waals surface area contributed by atoms with Gasteiger partial charge in [-0.1, -0.05) is 0 Å². The number of carbonyl (C=O) groups is 2. The van der Waals surface area contributed by atoms with Gasteiger partial charge >= 0.3 is 6.03 Å². The number of likely N-dealkylation sites (tertiary alicyclic amines) is 1. The summed E-state index contributed by atoms with van der Waals surface area (Å²) >= 11 is 0. The number of nitrogens with two attached hydrogens (primary N) is 1. The Labute approximate surface area is 114 Å². The average molecular weight is 268 g/mol. The van der Waals surface area contributed by atoms with Crippen LogP contribution < -0.4 is 16.4 Å². The predicted octanol–water partition coefficient (Wildman–Crippen LogP) is 0.0338. The summed E-state index contributed by atoms with van der Waals surface area (Å²) < 4.78 is 0. The molecule has 108 valence electrons. The summed E-state index contributed by atoms with van der Waals surface area (Å²) in [5.74, 6) is 0.313. The quantitative estimate of drug-likeness (QED) is 0.674. The minimum absolute atomic E-state index is 0.295. The fourth-order valence-corrected chi connectivity index (χ4v) is 3.23. The molecular weight excluding hydrogens is 244 g/mol. The Morgan fingerprint density at radius 1 is 1.37 bits per heavy atom. The summed E-state index contributed by atoms with van der Waals surface area (Å²) in [5.41, 5.74) is 4.99. The van der Waals surface area contributed by atoms with Crippen molar-refractivity contribution in [2.24, 2.45) is 11.7 Å². The highest BCUT2D eigenvalue weighted by Gasteiger charge is 2.32. The molecule has 3 unspecified atom stereocenters. The van der Waals surface area contributed by atoms with E-state index in [2.05, 4.69) is 15.5 Å². The summed E-state index contributed by atoms with van der Waals surface area (Å²) in [6, 6.07) is -0.478. The number of hydrogen-bond donors (Lipinski definition) is 3. The zero-order chi connectivity index (χ0) is 13.8. The minimum atomic E-state index is -0.775. The SMILES string of the molecule is CC(C(=O)NC(N)=O)N1CCCC(C2CCCN2)C1. The molecule has 19 heavy (non-hydrogen) atoms. The van der Waals surface area contributed by atoms with Crippen molar-refractivity contribution in [3.63, 3.8) is 0 Å². The molecule has 0 aromatic carbocycles. The lowest BCUT2D eigenvalue weighted by Crippen LogP contribution is -2.53. The van der Waals surface area contributed by atoms with E-state index in [0.29, 0.717) is 12.0 Å². The molecule has 2 heterocycles. The van der Waals surface area contributed by atoms with E-state index >= 15 is 0 Å². The fraction of sp³-hybridized carbons (Fsp3) is 0.846. The van der Waals surface area contributed by atoms with Gasteiger partial charge in [0.1, 0.15) is 0 Å². The van der Waals surface area contributed by atoms with Gasteiger partial charge in [-0.25, -0.2) is 4.79 Å². The minimum Gasteiger partial charge on any atom is -0.351 e. The van der Waals surface area contributed by atoms with E-state index in [1.807, 2.05) is 6.92 Å². The van der Waals surface area contributed by atoms with Crippen molar-refractivity contribution in [1.29, 1.82) is 0 Å². The Kier molecular flexibility index (Phi) is 4.76. The predicted molar refractivity (Wildman–Crippen MR) is 72.5 cm³/mol. The van der Waals surface area contributed by atoms with Crippen molar-refractivity contribution in [2.75, 3.05) is 19.6 Å². The molecule has 0 aliphatic carbocycles. The zero-order valence-electron chi connectivity index (χ0n) is 11.5. The van der Waals surface area contributed by atoms with Crippen molar-refractivity contribution in [3.8, 4) is 0 Å². The Morgan fingerprint density at radius 3 is 2.79 bits per heavy atom. The highest BCUT2D eigenvalue weighted by atomic mass is 16.2. The maximum absolute atomic E-state index is 11.8. The van der Waals surface area contributed by atoms with Gasteiger partial charge in [0.05, 0.1) is 6.04 Å². The molecule has 3 amide bonds. The lowest BCUT2D eigenvalue weighted by Gasteiger charge is -2.38. The topological polar surface area (TPSA) is 87.5 Å². The first-order chi connectivity index (χ1) is 9.08. The summed E-state index contributed by atoms with van der Waals surface area (Å²) in [6.07, 6.45) is 4.81. The Bertz CT molecular complexity index is 342. The van der Waals surface area contributed by atoms with Gasteiger partial charge < -0.3 is 11.1 Å². The molecule has 0 saturated carbocycles. The Hall–Kier alpha value is -1.14. The zero-order valence-corrected chi connectivity index (χ0v) is 11.5. The van der Waals surface area contributed by atoms with Gasteiger partial charge in [0.25, 0.3) is 0 Å². The van der Waals surface area contributed by atoms with Gasteiger partial charge in [0, 0.05) is 12.6 Å². The van der Waals surface area contributed by atoms with Crippen LogP contribution in [0.4, 0.5) is 4.79 Å². The maximum Gasteiger partial charge on any atom is 0.318 e. The van der Waals surface area contributed by atoms with Crippen LogP contribution in [-0.2, 0) is 4.79 Å². The molecule has 2 aliphatic rings. The van der Waals surface area contributed by atoms with Gasteiger partial charge in [-0.05, 0) is 51.6 Å². The number of nitrogens with one attached hydrogen (secondary N) is 2. The number of piperidine rings is 1. The molecule has 0 bridgehead atoms. The van der Waals surface area contributed by atoms with Crippen LogP contribution in [0.1, 0.15) is 32.6 Å². The average Bonchev–Trinajstić information content (AvgIpc) is 2.91. The third-order valence-corrected chi connectivity index (χ3v) is 4.33. The van der Waals surface area contributed by atoms with Crippen molar-refractivity contribution in [1.82, 2.24) is 15.5 Å². The molecule has 2 rings (SSSR count). The van der Waals surface area contributed by atoms with Crippen LogP contribution in [0.5, 0.6) is 0 Å². The lowest BCUT2D eigenvalue weighted by atomic mass is 9.89. The van der Waals surface area contributed by atoms with Gasteiger partial charge in [-0.15, -0.1) is 0 Å². The molecule has 2 fully saturated rings. The van der Waals surface area contributed by atoms with Crippen molar-refractivity contribution in [3.05, 3.63) is 0 Å². The van der Waals surface area contributed by atoms with Crippen LogP contribution in [-0.4, -0.2) is 48.6 Å². The molecule has 6 heteroatoms. The molecule has 0 radical (unpaired) electrons. The molecule has 0 spiro atoms. The monoisotopic (exact) mass is 268 g/mol. The first kappa shape index (κ1) is 14.3. The van der Waals surface area contributed by atoms with Crippen LogP contribution in [0.25, 0.3) is 0 Å². The van der Waals surface area contributed by atoms with E-state index in [1.54, 1.807) is 0 Å². The first-order valence-electron chi connectivity index (χ1n) is 7.15. The van der Waals surface area contributed by atoms with Crippen molar-refractivity contribution < 1.29 is 9.59 Å². The maximum atomic E-state index is 11.8. The van der Waals surface area contributed by atoms with Crippen LogP contribution in [0.3, 0.4) is 0 Å². The molecule has 2 aliphatic heterocycles. The molecule has 6 nitrogen and oxygen atoms in total. The number of carbonyl (C=O) groups excluding carboxylic acids is 2. The summed E-state index contributed by atoms with van der Waals surface area (Å²) in [4.78, 5) is 24.7. The highest BCUT2D eigenvalue weighted by molar-refractivity contribution is 5.96. The van der Waals surface area contributed by atoms with Crippen molar-refractivity contribution >= 4 is 11.9 Å². The summed E-state index contributed by atoms with van der Waals surface area (Å²) in [6.45, 7) is 4.78. The van der Waals surface area contributed by atoms with E-state index < -0.39 is 6.03 Å². The largest absolute Gasteiger partial charge is 0.351 e. The lowest BCUT2D eigenvalue weighted by molar-refractivity contribution is -0.125. The van der Waals surface area contributed by atoms with Crippen LogP contribution >= 0.6 is 0 Å². The van der Waals surface area contributed by atoms with Crippen LogP contribution in [0.2, 0.25) is 0 Å². The van der Waals surface area contributed by atoms with E-state index in [4.69, 9.17) is 5.73 Å². The van der Waals surface area contributed by atoms with E-state index in [0.717, 1.165) is 26.1 Å². The Balaban J connectivity index is 1.88. The molecule has 2 saturated heterocycles. The number of imide groups is 1. The number of amides is 3. The number of primary amides is 1. The smallest absolute Gasteiger partial charge is 0.318 e. The van der Waals surface area contributed by atoms with E-state index in [1.165, 1.54) is 19.3 Å².